The molecule has 2 N–H and O–H groups in total. The lowest BCUT2D eigenvalue weighted by Gasteiger charge is -2.26. The number of amides is 2. The summed E-state index contributed by atoms with van der Waals surface area (Å²) in [5.41, 5.74) is 3.04. The molecule has 6 rings (SSSR count). The van der Waals surface area contributed by atoms with Crippen LogP contribution in [0.1, 0.15) is 20.7 Å². The molecule has 4 heterocycles. The number of fused-ring (bicyclic) bond motifs is 3. The lowest BCUT2D eigenvalue weighted by atomic mass is 10.0. The van der Waals surface area contributed by atoms with Gasteiger partial charge in [0.25, 0.3) is 11.8 Å². The van der Waals surface area contributed by atoms with Crippen molar-refractivity contribution in [3.8, 4) is 11.4 Å². The molecule has 0 spiro atoms. The molecule has 0 radical (unpaired) electrons. The summed E-state index contributed by atoms with van der Waals surface area (Å²) in [6, 6.07) is 12.6. The van der Waals surface area contributed by atoms with E-state index in [1.807, 2.05) is 24.3 Å². The van der Waals surface area contributed by atoms with Gasteiger partial charge in [-0.05, 0) is 52.3 Å². The third-order valence-electron chi connectivity index (χ3n) is 6.19. The van der Waals surface area contributed by atoms with Crippen LogP contribution < -0.4 is 5.32 Å². The van der Waals surface area contributed by atoms with E-state index in [0.717, 1.165) is 16.3 Å². The standard InChI is InChI=1S/C26H20BrN7O3/c27-26-30-7-4-21(33-26)32-24(35)19-13-16(23-28-5-1-6-29-23)12-18-17-3-2-15(14-20(17)31-22(18)19)25(36)34-8-10-37-11-9-34/h1-7,12-14,31H,8-11H2,(H,30,32,33,35). The van der Waals surface area contributed by atoms with E-state index in [4.69, 9.17) is 4.74 Å². The van der Waals surface area contributed by atoms with E-state index in [1.165, 1.54) is 0 Å². The molecule has 1 aliphatic heterocycles. The minimum absolute atomic E-state index is 0.0467. The fourth-order valence-corrected chi connectivity index (χ4v) is 4.74. The number of nitrogens with zero attached hydrogens (tertiary/aromatic N) is 5. The number of hydrogen-bond acceptors (Lipinski definition) is 7. The number of aromatic amines is 1. The van der Waals surface area contributed by atoms with Crippen molar-refractivity contribution < 1.29 is 14.3 Å². The lowest BCUT2D eigenvalue weighted by molar-refractivity contribution is 0.0303. The number of rotatable bonds is 4. The molecule has 0 aliphatic carbocycles. The first-order valence-corrected chi connectivity index (χ1v) is 12.4. The van der Waals surface area contributed by atoms with Gasteiger partial charge in [0.2, 0.25) is 0 Å². The summed E-state index contributed by atoms with van der Waals surface area (Å²) < 4.78 is 5.74. The third-order valence-corrected chi connectivity index (χ3v) is 6.57. The molecular weight excluding hydrogens is 538 g/mol. The highest BCUT2D eigenvalue weighted by atomic mass is 79.9. The zero-order chi connectivity index (χ0) is 25.4. The van der Waals surface area contributed by atoms with Gasteiger partial charge in [-0.3, -0.25) is 9.59 Å². The second-order valence-corrected chi connectivity index (χ2v) is 9.18. The van der Waals surface area contributed by atoms with Crippen molar-refractivity contribution in [2.24, 2.45) is 0 Å². The number of hydrogen-bond donors (Lipinski definition) is 2. The van der Waals surface area contributed by atoms with Crippen LogP contribution in [0.5, 0.6) is 0 Å². The van der Waals surface area contributed by atoms with Crippen molar-refractivity contribution in [1.82, 2.24) is 29.8 Å². The maximum absolute atomic E-state index is 13.5. The van der Waals surface area contributed by atoms with Crippen LogP contribution in [0.3, 0.4) is 0 Å². The van der Waals surface area contributed by atoms with Gasteiger partial charge in [0.1, 0.15) is 5.82 Å². The number of carbonyl (C=O) groups is 2. The maximum Gasteiger partial charge on any atom is 0.258 e. The van der Waals surface area contributed by atoms with Crippen LogP contribution in [0.4, 0.5) is 5.82 Å². The van der Waals surface area contributed by atoms with Gasteiger partial charge < -0.3 is 19.9 Å². The third kappa shape index (κ3) is 4.54. The van der Waals surface area contributed by atoms with E-state index >= 15 is 0 Å². The van der Waals surface area contributed by atoms with Gasteiger partial charge in [-0.25, -0.2) is 19.9 Å². The van der Waals surface area contributed by atoms with Gasteiger partial charge in [0, 0.05) is 59.1 Å². The molecule has 1 aliphatic rings. The van der Waals surface area contributed by atoms with E-state index in [-0.39, 0.29) is 11.8 Å². The SMILES string of the molecule is O=C(Nc1ccnc(Br)n1)c1cc(-c2ncccn2)cc2c1[nH]c1cc(C(=O)N3CCOCC3)ccc12. The quantitative estimate of drug-likeness (QED) is 0.319. The van der Waals surface area contributed by atoms with Crippen molar-refractivity contribution >= 4 is 55.4 Å². The normalized spacial score (nSPS) is 13.7. The van der Waals surface area contributed by atoms with Gasteiger partial charge in [-0.1, -0.05) is 6.07 Å². The zero-order valence-corrected chi connectivity index (χ0v) is 21.0. The molecule has 11 heteroatoms. The molecule has 5 aromatic rings. The van der Waals surface area contributed by atoms with Crippen LogP contribution in [0, 0.1) is 0 Å². The molecule has 0 unspecified atom stereocenters. The summed E-state index contributed by atoms with van der Waals surface area (Å²) in [5.74, 6) is 0.451. The second kappa shape index (κ2) is 9.68. The molecule has 0 saturated carbocycles. The van der Waals surface area contributed by atoms with E-state index < -0.39 is 0 Å². The Labute approximate surface area is 219 Å². The van der Waals surface area contributed by atoms with Crippen LogP contribution in [-0.2, 0) is 4.74 Å². The average Bonchev–Trinajstić information content (AvgIpc) is 3.31. The predicted octanol–water partition coefficient (Wildman–Crippen LogP) is 4.06. The summed E-state index contributed by atoms with van der Waals surface area (Å²) in [5, 5.41) is 4.53. The van der Waals surface area contributed by atoms with Crippen LogP contribution >= 0.6 is 15.9 Å². The maximum atomic E-state index is 13.5. The highest BCUT2D eigenvalue weighted by Crippen LogP contribution is 2.33. The Morgan fingerprint density at radius 3 is 2.57 bits per heavy atom. The molecule has 10 nitrogen and oxygen atoms in total. The summed E-state index contributed by atoms with van der Waals surface area (Å²) in [6.45, 7) is 2.19. The summed E-state index contributed by atoms with van der Waals surface area (Å²) in [4.78, 5) is 48.6. The number of aromatic nitrogens is 5. The highest BCUT2D eigenvalue weighted by Gasteiger charge is 2.21. The van der Waals surface area contributed by atoms with Gasteiger partial charge >= 0.3 is 0 Å². The smallest absolute Gasteiger partial charge is 0.258 e. The topological polar surface area (TPSA) is 126 Å². The molecule has 0 bridgehead atoms. The Bertz CT molecular complexity index is 1650. The minimum Gasteiger partial charge on any atom is -0.378 e. The molecule has 0 atom stereocenters. The molecule has 1 saturated heterocycles. The number of halogens is 1. The fourth-order valence-electron chi connectivity index (χ4n) is 4.43. The fraction of sp³-hybridized carbons (Fsp3) is 0.154. The van der Waals surface area contributed by atoms with Gasteiger partial charge in [-0.2, -0.15) is 0 Å². The van der Waals surface area contributed by atoms with E-state index in [9.17, 15) is 9.59 Å². The highest BCUT2D eigenvalue weighted by molar-refractivity contribution is 9.10. The molecule has 3 aromatic heterocycles. The van der Waals surface area contributed by atoms with Gasteiger partial charge in [-0.15, -0.1) is 0 Å². The molecular formula is C26H20BrN7O3. The Kier molecular flexibility index (Phi) is 6.07. The number of benzene rings is 2. The van der Waals surface area contributed by atoms with Crippen LogP contribution in [0.15, 0.2) is 65.8 Å². The average molecular weight is 558 g/mol. The number of anilines is 1. The zero-order valence-electron chi connectivity index (χ0n) is 19.4. The Morgan fingerprint density at radius 1 is 0.973 bits per heavy atom. The summed E-state index contributed by atoms with van der Waals surface area (Å²) >= 11 is 3.23. The van der Waals surface area contributed by atoms with Crippen LogP contribution in [-0.4, -0.2) is 67.9 Å². The van der Waals surface area contributed by atoms with E-state index in [2.05, 4.69) is 46.2 Å². The number of H-pyrrole nitrogens is 1. The lowest BCUT2D eigenvalue weighted by Crippen LogP contribution is -2.40. The first-order valence-electron chi connectivity index (χ1n) is 11.6. The minimum atomic E-state index is -0.357. The van der Waals surface area contributed by atoms with Gasteiger partial charge in [0.15, 0.2) is 10.6 Å². The van der Waals surface area contributed by atoms with Crippen molar-refractivity contribution in [2.45, 2.75) is 0 Å². The van der Waals surface area contributed by atoms with Crippen LogP contribution in [0.2, 0.25) is 0 Å². The predicted molar refractivity (Wildman–Crippen MR) is 141 cm³/mol. The van der Waals surface area contributed by atoms with Crippen LogP contribution in [0.25, 0.3) is 33.2 Å². The van der Waals surface area contributed by atoms with E-state index in [0.29, 0.717) is 64.9 Å². The number of nitrogens with one attached hydrogen (secondary N) is 2. The van der Waals surface area contributed by atoms with E-state index in [1.54, 1.807) is 41.7 Å². The Hall–Kier alpha value is -4.22. The molecule has 1 fully saturated rings. The number of carbonyl (C=O) groups excluding carboxylic acids is 2. The number of ether oxygens (including phenoxy) is 1. The summed E-state index contributed by atoms with van der Waals surface area (Å²) in [7, 11) is 0. The Morgan fingerprint density at radius 2 is 1.78 bits per heavy atom. The van der Waals surface area contributed by atoms with Crippen molar-refractivity contribution in [3.63, 3.8) is 0 Å². The molecule has 37 heavy (non-hydrogen) atoms. The molecule has 184 valence electrons. The van der Waals surface area contributed by atoms with Crippen molar-refractivity contribution in [3.05, 3.63) is 76.9 Å². The molecule has 2 amide bonds. The van der Waals surface area contributed by atoms with Crippen molar-refractivity contribution in [2.75, 3.05) is 31.6 Å². The summed E-state index contributed by atoms with van der Waals surface area (Å²) in [6.07, 6.45) is 4.86. The molecule has 2 aromatic carbocycles. The monoisotopic (exact) mass is 557 g/mol. The van der Waals surface area contributed by atoms with Gasteiger partial charge in [0.05, 0.1) is 24.3 Å². The first-order chi connectivity index (χ1) is 18.1. The second-order valence-electron chi connectivity index (χ2n) is 8.47. The van der Waals surface area contributed by atoms with Crippen molar-refractivity contribution in [1.29, 1.82) is 0 Å². The number of morpholine rings is 1. The largest absolute Gasteiger partial charge is 0.378 e. The first kappa shape index (κ1) is 23.2. The Balaban J connectivity index is 1.47.